The third-order valence-corrected chi connectivity index (χ3v) is 4.16. The van der Waals surface area contributed by atoms with Gasteiger partial charge in [-0.05, 0) is 30.7 Å². The summed E-state index contributed by atoms with van der Waals surface area (Å²) < 4.78 is 1.78. The van der Waals surface area contributed by atoms with Crippen molar-refractivity contribution in [1.82, 2.24) is 14.8 Å². The predicted octanol–water partition coefficient (Wildman–Crippen LogP) is 1.97. The van der Waals surface area contributed by atoms with E-state index >= 15 is 0 Å². The van der Waals surface area contributed by atoms with Crippen molar-refractivity contribution in [3.8, 4) is 0 Å². The van der Waals surface area contributed by atoms with Crippen molar-refractivity contribution in [2.45, 2.75) is 18.6 Å². The van der Waals surface area contributed by atoms with Crippen LogP contribution in [0.15, 0.2) is 23.4 Å². The summed E-state index contributed by atoms with van der Waals surface area (Å²) in [6, 6.07) is 5.34. The fourth-order valence-electron chi connectivity index (χ4n) is 1.73. The first-order chi connectivity index (χ1) is 10.0. The summed E-state index contributed by atoms with van der Waals surface area (Å²) in [6.45, 7) is 2.21. The molecule has 2 rings (SSSR count). The van der Waals surface area contributed by atoms with Crippen molar-refractivity contribution in [1.29, 1.82) is 0 Å². The van der Waals surface area contributed by atoms with Crippen LogP contribution in [0.25, 0.3) is 0 Å². The number of nitrogens with one attached hydrogen (secondary N) is 1. The number of nitrogens with two attached hydrogens (primary N) is 1. The van der Waals surface area contributed by atoms with Crippen LogP contribution in [-0.4, -0.2) is 26.4 Å². The van der Waals surface area contributed by atoms with Gasteiger partial charge in [-0.2, -0.15) is 0 Å². The number of halogens is 1. The van der Waals surface area contributed by atoms with Gasteiger partial charge in [-0.25, -0.2) is 0 Å². The number of amides is 1. The number of nitrogens with zero attached hydrogens (tertiary/aromatic N) is 3. The Morgan fingerprint density at radius 1 is 1.48 bits per heavy atom. The van der Waals surface area contributed by atoms with E-state index in [0.29, 0.717) is 22.5 Å². The number of carbonyl (C=O) groups is 1. The van der Waals surface area contributed by atoms with Gasteiger partial charge in [0.1, 0.15) is 5.82 Å². The second-order valence-electron chi connectivity index (χ2n) is 4.46. The number of aromatic nitrogens is 3. The molecule has 21 heavy (non-hydrogen) atoms. The average Bonchev–Trinajstić information content (AvgIpc) is 2.80. The topological polar surface area (TPSA) is 85.8 Å². The lowest BCUT2D eigenvalue weighted by Gasteiger charge is -2.08. The van der Waals surface area contributed by atoms with Crippen LogP contribution in [0.2, 0.25) is 5.02 Å². The molecule has 0 aliphatic rings. The molecule has 0 aliphatic heterocycles. The Hall–Kier alpha value is -1.57. The monoisotopic (exact) mass is 325 g/mol. The van der Waals surface area contributed by atoms with Crippen LogP contribution < -0.4 is 11.1 Å². The molecule has 0 saturated carbocycles. The van der Waals surface area contributed by atoms with E-state index in [2.05, 4.69) is 15.5 Å². The molecule has 0 aliphatic carbocycles. The zero-order chi connectivity index (χ0) is 15.4. The molecule has 2 aromatic rings. The zero-order valence-electron chi connectivity index (χ0n) is 11.8. The summed E-state index contributed by atoms with van der Waals surface area (Å²) >= 11 is 7.20. The van der Waals surface area contributed by atoms with Crippen LogP contribution in [0.5, 0.6) is 0 Å². The van der Waals surface area contributed by atoms with E-state index in [1.54, 1.807) is 22.8 Å². The molecule has 0 spiro atoms. The van der Waals surface area contributed by atoms with E-state index in [1.807, 2.05) is 14.0 Å². The van der Waals surface area contributed by atoms with Gasteiger partial charge in [-0.3, -0.25) is 4.79 Å². The molecule has 1 aromatic carbocycles. The molecular formula is C13H16ClN5OS. The van der Waals surface area contributed by atoms with E-state index in [4.69, 9.17) is 17.3 Å². The maximum Gasteiger partial charge on any atom is 0.234 e. The Labute approximate surface area is 132 Å². The third kappa shape index (κ3) is 3.96. The van der Waals surface area contributed by atoms with Crippen molar-refractivity contribution in [3.05, 3.63) is 34.6 Å². The molecule has 1 amide bonds. The van der Waals surface area contributed by atoms with Crippen LogP contribution in [-0.2, 0) is 18.4 Å². The number of hydrogen-bond donors (Lipinski definition) is 2. The van der Waals surface area contributed by atoms with Crippen molar-refractivity contribution in [2.75, 3.05) is 11.1 Å². The van der Waals surface area contributed by atoms with E-state index in [0.717, 1.165) is 11.3 Å². The van der Waals surface area contributed by atoms with Crippen molar-refractivity contribution in [2.24, 2.45) is 12.8 Å². The largest absolute Gasteiger partial charge is 0.325 e. The molecule has 0 saturated heterocycles. The van der Waals surface area contributed by atoms with Gasteiger partial charge in [0.2, 0.25) is 5.91 Å². The summed E-state index contributed by atoms with van der Waals surface area (Å²) in [4.78, 5) is 12.0. The predicted molar refractivity (Wildman–Crippen MR) is 84.4 cm³/mol. The minimum absolute atomic E-state index is 0.109. The third-order valence-electron chi connectivity index (χ3n) is 2.90. The summed E-state index contributed by atoms with van der Waals surface area (Å²) in [6.07, 6.45) is 0. The standard InChI is InChI=1S/C13H16ClN5OS/c1-8-5-9(14)3-4-10(8)16-12(20)7-21-13-18-17-11(6-15)19(13)2/h3-5H,6-7,15H2,1-2H3,(H,16,20). The molecule has 112 valence electrons. The Balaban J connectivity index is 1.94. The van der Waals surface area contributed by atoms with Crippen LogP contribution in [0, 0.1) is 6.92 Å². The second-order valence-corrected chi connectivity index (χ2v) is 5.84. The van der Waals surface area contributed by atoms with Gasteiger partial charge in [0.05, 0.1) is 12.3 Å². The normalized spacial score (nSPS) is 10.7. The fourth-order valence-corrected chi connectivity index (χ4v) is 2.69. The van der Waals surface area contributed by atoms with Crippen molar-refractivity contribution >= 4 is 35.0 Å². The lowest BCUT2D eigenvalue weighted by atomic mass is 10.2. The SMILES string of the molecule is Cc1cc(Cl)ccc1NC(=O)CSc1nnc(CN)n1C. The van der Waals surface area contributed by atoms with Gasteiger partial charge in [0.15, 0.2) is 5.16 Å². The minimum atomic E-state index is -0.109. The Kier molecular flexibility index (Phi) is 5.22. The highest BCUT2D eigenvalue weighted by atomic mass is 35.5. The molecule has 3 N–H and O–H groups in total. The highest BCUT2D eigenvalue weighted by molar-refractivity contribution is 7.99. The minimum Gasteiger partial charge on any atom is -0.325 e. The van der Waals surface area contributed by atoms with Gasteiger partial charge in [0.25, 0.3) is 0 Å². The summed E-state index contributed by atoms with van der Waals surface area (Å²) in [5.74, 6) is 0.827. The quantitative estimate of drug-likeness (QED) is 0.821. The average molecular weight is 326 g/mol. The first kappa shape index (κ1) is 15.8. The summed E-state index contributed by atoms with van der Waals surface area (Å²) in [5.41, 5.74) is 7.20. The van der Waals surface area contributed by atoms with Gasteiger partial charge in [-0.1, -0.05) is 23.4 Å². The van der Waals surface area contributed by atoms with E-state index < -0.39 is 0 Å². The fraction of sp³-hybridized carbons (Fsp3) is 0.308. The molecular weight excluding hydrogens is 310 g/mol. The van der Waals surface area contributed by atoms with Crippen molar-refractivity contribution < 1.29 is 4.79 Å². The molecule has 0 atom stereocenters. The number of rotatable bonds is 5. The van der Waals surface area contributed by atoms with Crippen LogP contribution in [0.3, 0.4) is 0 Å². The van der Waals surface area contributed by atoms with Gasteiger partial charge < -0.3 is 15.6 Å². The number of anilines is 1. The van der Waals surface area contributed by atoms with Gasteiger partial charge in [0, 0.05) is 17.8 Å². The van der Waals surface area contributed by atoms with Gasteiger partial charge in [-0.15, -0.1) is 10.2 Å². The molecule has 1 heterocycles. The highest BCUT2D eigenvalue weighted by Gasteiger charge is 2.11. The van der Waals surface area contributed by atoms with Gasteiger partial charge >= 0.3 is 0 Å². The Morgan fingerprint density at radius 3 is 2.86 bits per heavy atom. The molecule has 0 radical (unpaired) electrons. The number of hydrogen-bond acceptors (Lipinski definition) is 5. The van der Waals surface area contributed by atoms with Crippen LogP contribution >= 0.6 is 23.4 Å². The van der Waals surface area contributed by atoms with Crippen LogP contribution in [0.4, 0.5) is 5.69 Å². The Morgan fingerprint density at radius 2 is 2.24 bits per heavy atom. The first-order valence-corrected chi connectivity index (χ1v) is 7.64. The van der Waals surface area contributed by atoms with E-state index in [1.165, 1.54) is 11.8 Å². The molecule has 6 nitrogen and oxygen atoms in total. The Bertz CT molecular complexity index is 658. The maximum absolute atomic E-state index is 12.0. The number of thioether (sulfide) groups is 1. The van der Waals surface area contributed by atoms with E-state index in [9.17, 15) is 4.79 Å². The number of aryl methyl sites for hydroxylation is 1. The summed E-state index contributed by atoms with van der Waals surface area (Å²) in [5, 5.41) is 12.1. The number of benzene rings is 1. The van der Waals surface area contributed by atoms with Crippen molar-refractivity contribution in [3.63, 3.8) is 0 Å². The molecule has 0 unspecified atom stereocenters. The number of carbonyl (C=O) groups excluding carboxylic acids is 1. The lowest BCUT2D eigenvalue weighted by molar-refractivity contribution is -0.113. The maximum atomic E-state index is 12.0. The second kappa shape index (κ2) is 6.93. The lowest BCUT2D eigenvalue weighted by Crippen LogP contribution is -2.15. The molecule has 8 heteroatoms. The van der Waals surface area contributed by atoms with Crippen LogP contribution in [0.1, 0.15) is 11.4 Å². The van der Waals surface area contributed by atoms with E-state index in [-0.39, 0.29) is 11.7 Å². The molecule has 0 bridgehead atoms. The molecule has 1 aromatic heterocycles. The summed E-state index contributed by atoms with van der Waals surface area (Å²) in [7, 11) is 1.83. The zero-order valence-corrected chi connectivity index (χ0v) is 13.3. The smallest absolute Gasteiger partial charge is 0.234 e. The highest BCUT2D eigenvalue weighted by Crippen LogP contribution is 2.21. The first-order valence-electron chi connectivity index (χ1n) is 6.28. The molecule has 0 fully saturated rings.